The second kappa shape index (κ2) is 8.97. The number of amides is 1. The van der Waals surface area contributed by atoms with E-state index >= 15 is 0 Å². The molecule has 1 heterocycles. The first-order valence-corrected chi connectivity index (χ1v) is 9.47. The molecule has 7 heteroatoms. The van der Waals surface area contributed by atoms with Crippen LogP contribution in [0, 0.1) is 11.7 Å². The number of nitrogens with one attached hydrogen (secondary N) is 1. The lowest BCUT2D eigenvalue weighted by Gasteiger charge is -2.20. The summed E-state index contributed by atoms with van der Waals surface area (Å²) < 4.78 is 18.5. The Hall–Kier alpha value is -2.73. The van der Waals surface area contributed by atoms with Gasteiger partial charge in [0.25, 0.3) is 0 Å². The maximum atomic E-state index is 13.0. The molecular formula is C21H21ClFN3O2. The van der Waals surface area contributed by atoms with Crippen LogP contribution >= 0.6 is 11.6 Å². The number of hydrogen-bond donors (Lipinski definition) is 1. The molecule has 1 aromatic heterocycles. The quantitative estimate of drug-likeness (QED) is 0.606. The molecule has 28 heavy (non-hydrogen) atoms. The Morgan fingerprint density at radius 2 is 1.86 bits per heavy atom. The third-order valence-electron chi connectivity index (χ3n) is 4.62. The van der Waals surface area contributed by atoms with Crippen LogP contribution in [0.1, 0.15) is 37.8 Å². The summed E-state index contributed by atoms with van der Waals surface area (Å²) in [6, 6.07) is 12.6. The summed E-state index contributed by atoms with van der Waals surface area (Å²) in [6.45, 7) is 4.04. The van der Waals surface area contributed by atoms with Crippen molar-refractivity contribution in [2.24, 2.45) is 5.92 Å². The summed E-state index contributed by atoms with van der Waals surface area (Å²) in [5.41, 5.74) is 1.51. The number of nitrogens with zero attached hydrogens (tertiary/aromatic N) is 2. The van der Waals surface area contributed by atoms with Crippen LogP contribution in [0.3, 0.4) is 0 Å². The van der Waals surface area contributed by atoms with E-state index in [4.69, 9.17) is 16.1 Å². The zero-order valence-corrected chi connectivity index (χ0v) is 16.4. The van der Waals surface area contributed by atoms with Gasteiger partial charge >= 0.3 is 0 Å². The Kier molecular flexibility index (Phi) is 6.41. The second-order valence-electron chi connectivity index (χ2n) is 6.70. The van der Waals surface area contributed by atoms with Crippen LogP contribution in [0.4, 0.5) is 4.39 Å². The fourth-order valence-corrected chi connectivity index (χ4v) is 2.90. The van der Waals surface area contributed by atoms with Crippen molar-refractivity contribution in [3.05, 3.63) is 70.8 Å². The van der Waals surface area contributed by atoms with Crippen LogP contribution in [-0.4, -0.2) is 16.0 Å². The predicted octanol–water partition coefficient (Wildman–Crippen LogP) is 4.98. The average molecular weight is 402 g/mol. The summed E-state index contributed by atoms with van der Waals surface area (Å²) >= 11 is 5.92. The number of carbonyl (C=O) groups excluding carboxylic acids is 1. The van der Waals surface area contributed by atoms with E-state index in [9.17, 15) is 9.18 Å². The van der Waals surface area contributed by atoms with Crippen molar-refractivity contribution < 1.29 is 13.7 Å². The molecule has 2 aromatic carbocycles. The van der Waals surface area contributed by atoms with E-state index in [1.807, 2.05) is 26.0 Å². The van der Waals surface area contributed by atoms with Crippen molar-refractivity contribution in [1.29, 1.82) is 0 Å². The van der Waals surface area contributed by atoms with Gasteiger partial charge in [0.1, 0.15) is 11.9 Å². The van der Waals surface area contributed by atoms with Gasteiger partial charge in [-0.25, -0.2) is 4.39 Å². The van der Waals surface area contributed by atoms with Crippen molar-refractivity contribution in [1.82, 2.24) is 15.5 Å². The Labute approximate surface area is 167 Å². The first kappa shape index (κ1) is 20.0. The fourth-order valence-electron chi connectivity index (χ4n) is 2.77. The maximum absolute atomic E-state index is 13.0. The zero-order chi connectivity index (χ0) is 20.1. The Morgan fingerprint density at radius 1 is 1.18 bits per heavy atom. The van der Waals surface area contributed by atoms with E-state index in [-0.39, 0.29) is 24.1 Å². The number of halogens is 2. The monoisotopic (exact) mass is 401 g/mol. The number of rotatable bonds is 7. The highest BCUT2D eigenvalue weighted by Gasteiger charge is 2.26. The molecule has 3 aromatic rings. The van der Waals surface area contributed by atoms with Gasteiger partial charge in [-0.2, -0.15) is 4.98 Å². The van der Waals surface area contributed by atoms with Gasteiger partial charge in [-0.15, -0.1) is 0 Å². The standard InChI is InChI=1S/C21H21ClFN3O2/c1-3-13(2)19(24-18(27)12-14-4-10-17(23)11-5-14)21-25-20(26-28-21)15-6-8-16(22)9-7-15/h4-11,13,19H,3,12H2,1-2H3,(H,24,27)/t13-,19+/m0/s1. The maximum Gasteiger partial charge on any atom is 0.249 e. The molecule has 0 aliphatic rings. The van der Waals surface area contributed by atoms with Crippen LogP contribution < -0.4 is 5.32 Å². The molecule has 0 fully saturated rings. The van der Waals surface area contributed by atoms with E-state index in [2.05, 4.69) is 15.5 Å². The molecule has 2 atom stereocenters. The van der Waals surface area contributed by atoms with Crippen LogP contribution in [0.5, 0.6) is 0 Å². The number of carbonyl (C=O) groups is 1. The number of benzene rings is 2. The molecule has 146 valence electrons. The van der Waals surface area contributed by atoms with Crippen LogP contribution in [0.2, 0.25) is 5.02 Å². The lowest BCUT2D eigenvalue weighted by atomic mass is 9.98. The molecule has 0 unspecified atom stereocenters. The molecule has 0 aliphatic heterocycles. The van der Waals surface area contributed by atoms with E-state index in [0.717, 1.165) is 17.5 Å². The molecular weight excluding hydrogens is 381 g/mol. The Balaban J connectivity index is 1.75. The van der Waals surface area contributed by atoms with Gasteiger partial charge in [-0.3, -0.25) is 4.79 Å². The third kappa shape index (κ3) is 4.95. The first-order chi connectivity index (χ1) is 13.5. The normalized spacial score (nSPS) is 13.1. The minimum absolute atomic E-state index is 0.0932. The highest BCUT2D eigenvalue weighted by Crippen LogP contribution is 2.26. The van der Waals surface area contributed by atoms with Gasteiger partial charge in [0.05, 0.1) is 6.42 Å². The largest absolute Gasteiger partial charge is 0.344 e. The smallest absolute Gasteiger partial charge is 0.249 e. The van der Waals surface area contributed by atoms with Crippen molar-refractivity contribution in [2.75, 3.05) is 0 Å². The van der Waals surface area contributed by atoms with Crippen molar-refractivity contribution in [2.45, 2.75) is 32.7 Å². The molecule has 0 spiro atoms. The highest BCUT2D eigenvalue weighted by atomic mass is 35.5. The Bertz CT molecular complexity index is 926. The van der Waals surface area contributed by atoms with E-state index in [1.54, 1.807) is 24.3 Å². The van der Waals surface area contributed by atoms with Crippen LogP contribution in [0.25, 0.3) is 11.4 Å². The molecule has 5 nitrogen and oxygen atoms in total. The fraction of sp³-hybridized carbons (Fsp3) is 0.286. The average Bonchev–Trinajstić information content (AvgIpc) is 3.17. The number of hydrogen-bond acceptors (Lipinski definition) is 4. The SMILES string of the molecule is CC[C@H](C)[C@@H](NC(=O)Cc1ccc(F)cc1)c1nc(-c2ccc(Cl)cc2)no1. The minimum atomic E-state index is -0.411. The van der Waals surface area contributed by atoms with Gasteiger partial charge in [-0.1, -0.05) is 49.2 Å². The van der Waals surface area contributed by atoms with Gasteiger partial charge in [-0.05, 0) is 47.9 Å². The molecule has 0 saturated heterocycles. The van der Waals surface area contributed by atoms with Crippen molar-refractivity contribution in [3.8, 4) is 11.4 Å². The third-order valence-corrected chi connectivity index (χ3v) is 4.87. The summed E-state index contributed by atoms with van der Waals surface area (Å²) in [6.07, 6.45) is 0.964. The minimum Gasteiger partial charge on any atom is -0.344 e. The molecule has 1 amide bonds. The molecule has 0 aliphatic carbocycles. The first-order valence-electron chi connectivity index (χ1n) is 9.09. The van der Waals surface area contributed by atoms with E-state index in [1.165, 1.54) is 12.1 Å². The molecule has 0 radical (unpaired) electrons. The zero-order valence-electron chi connectivity index (χ0n) is 15.7. The van der Waals surface area contributed by atoms with Gasteiger partial charge < -0.3 is 9.84 Å². The van der Waals surface area contributed by atoms with Gasteiger partial charge in [0, 0.05) is 10.6 Å². The van der Waals surface area contributed by atoms with E-state index < -0.39 is 6.04 Å². The topological polar surface area (TPSA) is 68.0 Å². The van der Waals surface area contributed by atoms with Crippen molar-refractivity contribution >= 4 is 17.5 Å². The lowest BCUT2D eigenvalue weighted by molar-refractivity contribution is -0.121. The molecule has 1 N–H and O–H groups in total. The number of aromatic nitrogens is 2. The second-order valence-corrected chi connectivity index (χ2v) is 7.13. The molecule has 0 saturated carbocycles. The van der Waals surface area contributed by atoms with Crippen LogP contribution in [0.15, 0.2) is 53.1 Å². The molecule has 3 rings (SSSR count). The molecule has 0 bridgehead atoms. The highest BCUT2D eigenvalue weighted by molar-refractivity contribution is 6.30. The van der Waals surface area contributed by atoms with Crippen molar-refractivity contribution in [3.63, 3.8) is 0 Å². The summed E-state index contributed by atoms with van der Waals surface area (Å²) in [5, 5.41) is 7.63. The Morgan fingerprint density at radius 3 is 2.50 bits per heavy atom. The van der Waals surface area contributed by atoms with E-state index in [0.29, 0.717) is 16.7 Å². The summed E-state index contributed by atoms with van der Waals surface area (Å²) in [5.74, 6) is 0.362. The van der Waals surface area contributed by atoms with Gasteiger partial charge in [0.15, 0.2) is 0 Å². The summed E-state index contributed by atoms with van der Waals surface area (Å²) in [4.78, 5) is 17.0. The van der Waals surface area contributed by atoms with Gasteiger partial charge in [0.2, 0.25) is 17.6 Å². The van der Waals surface area contributed by atoms with Crippen LogP contribution in [-0.2, 0) is 11.2 Å². The lowest BCUT2D eigenvalue weighted by Crippen LogP contribution is -2.33. The summed E-state index contributed by atoms with van der Waals surface area (Å²) in [7, 11) is 0. The predicted molar refractivity (Wildman–Crippen MR) is 105 cm³/mol.